The van der Waals surface area contributed by atoms with E-state index in [0.29, 0.717) is 11.3 Å². The molecule has 0 saturated heterocycles. The minimum absolute atomic E-state index is 0.172. The maximum atomic E-state index is 12.4. The Morgan fingerprint density at radius 1 is 1.00 bits per heavy atom. The Balaban J connectivity index is 1.69. The van der Waals surface area contributed by atoms with Crippen LogP contribution in [0.2, 0.25) is 0 Å². The van der Waals surface area contributed by atoms with Gasteiger partial charge >= 0.3 is 0 Å². The second kappa shape index (κ2) is 10.1. The summed E-state index contributed by atoms with van der Waals surface area (Å²) < 4.78 is 27.1. The Hall–Kier alpha value is -2.97. The number of hydrazone groups is 1. The summed E-state index contributed by atoms with van der Waals surface area (Å²) in [6, 6.07) is 19.9. The summed E-state index contributed by atoms with van der Waals surface area (Å²) in [6.45, 7) is 4.10. The largest absolute Gasteiger partial charge is 0.271 e. The Kier molecular flexibility index (Phi) is 7.48. The second-order valence-corrected chi connectivity index (χ2v) is 10.3. The van der Waals surface area contributed by atoms with Crippen LogP contribution in [0.5, 0.6) is 0 Å². The zero-order chi connectivity index (χ0) is 23.3. The van der Waals surface area contributed by atoms with Gasteiger partial charge < -0.3 is 0 Å². The van der Waals surface area contributed by atoms with Crippen molar-refractivity contribution in [2.45, 2.75) is 20.4 Å². The van der Waals surface area contributed by atoms with Crippen LogP contribution in [0, 0.1) is 13.8 Å². The number of hydrogen-bond acceptors (Lipinski definition) is 4. The van der Waals surface area contributed by atoms with Gasteiger partial charge in [0.1, 0.15) is 0 Å². The van der Waals surface area contributed by atoms with Crippen molar-refractivity contribution in [3.05, 3.63) is 99.0 Å². The molecule has 166 valence electrons. The number of amides is 1. The molecule has 3 aromatic carbocycles. The van der Waals surface area contributed by atoms with Gasteiger partial charge in [-0.15, -0.1) is 0 Å². The van der Waals surface area contributed by atoms with Crippen LogP contribution >= 0.6 is 15.9 Å². The van der Waals surface area contributed by atoms with Gasteiger partial charge in [-0.1, -0.05) is 46.3 Å². The number of anilines is 1. The summed E-state index contributed by atoms with van der Waals surface area (Å²) in [7, 11) is -3.48. The lowest BCUT2D eigenvalue weighted by Gasteiger charge is -2.23. The number of carbonyl (C=O) groups excluding carboxylic acids is 1. The molecular formula is C24H24BrN3O3S. The molecule has 0 aliphatic heterocycles. The van der Waals surface area contributed by atoms with E-state index >= 15 is 0 Å². The molecule has 8 heteroatoms. The highest BCUT2D eigenvalue weighted by Crippen LogP contribution is 2.23. The monoisotopic (exact) mass is 513 g/mol. The number of carbonyl (C=O) groups is 1. The van der Waals surface area contributed by atoms with Crippen molar-refractivity contribution < 1.29 is 13.2 Å². The van der Waals surface area contributed by atoms with Crippen LogP contribution in [0.3, 0.4) is 0 Å². The highest BCUT2D eigenvalue weighted by molar-refractivity contribution is 9.10. The SMILES string of the molecule is Cc1ccc(N(Cc2ccc(C(=O)N/N=C\c3ccc(Br)cc3)cc2)S(C)(=O)=O)cc1C. The number of nitrogens with zero attached hydrogens (tertiary/aromatic N) is 2. The summed E-state index contributed by atoms with van der Waals surface area (Å²) in [4.78, 5) is 12.3. The number of rotatable bonds is 7. The third-order valence-corrected chi connectivity index (χ3v) is 6.64. The van der Waals surface area contributed by atoms with Gasteiger partial charge in [0.2, 0.25) is 10.0 Å². The molecule has 6 nitrogen and oxygen atoms in total. The van der Waals surface area contributed by atoms with Crippen LogP contribution in [-0.2, 0) is 16.6 Å². The molecule has 3 aromatic rings. The number of benzene rings is 3. The van der Waals surface area contributed by atoms with Gasteiger partial charge in [-0.25, -0.2) is 13.8 Å². The standard InChI is InChI=1S/C24H24BrN3O3S/c1-17-4-13-23(14-18(17)2)28(32(3,30)31)16-20-5-9-21(10-6-20)24(29)27-26-15-19-7-11-22(25)12-8-19/h4-15H,16H2,1-3H3,(H,27,29)/b26-15-. The van der Waals surface area contributed by atoms with Crippen molar-refractivity contribution in [1.82, 2.24) is 5.43 Å². The van der Waals surface area contributed by atoms with E-state index in [-0.39, 0.29) is 12.5 Å². The van der Waals surface area contributed by atoms with E-state index in [9.17, 15) is 13.2 Å². The molecule has 0 saturated carbocycles. The molecule has 0 unspecified atom stereocenters. The lowest BCUT2D eigenvalue weighted by atomic mass is 10.1. The van der Waals surface area contributed by atoms with Crippen molar-refractivity contribution in [2.24, 2.45) is 5.10 Å². The van der Waals surface area contributed by atoms with Gasteiger partial charge in [0.15, 0.2) is 0 Å². The molecule has 0 spiro atoms. The number of hydrogen-bond donors (Lipinski definition) is 1. The molecule has 1 amide bonds. The first-order valence-corrected chi connectivity index (χ1v) is 12.5. The average Bonchev–Trinajstić information content (AvgIpc) is 2.75. The van der Waals surface area contributed by atoms with Crippen LogP contribution in [0.15, 0.2) is 76.3 Å². The molecule has 0 aliphatic rings. The molecule has 3 rings (SSSR count). The van der Waals surface area contributed by atoms with E-state index in [1.54, 1.807) is 36.5 Å². The summed E-state index contributed by atoms with van der Waals surface area (Å²) in [6.07, 6.45) is 2.75. The number of sulfonamides is 1. The zero-order valence-electron chi connectivity index (χ0n) is 18.0. The van der Waals surface area contributed by atoms with Crippen LogP contribution < -0.4 is 9.73 Å². The average molecular weight is 514 g/mol. The normalized spacial score (nSPS) is 11.5. The highest BCUT2D eigenvalue weighted by Gasteiger charge is 2.18. The maximum absolute atomic E-state index is 12.4. The first-order valence-electron chi connectivity index (χ1n) is 9.86. The fourth-order valence-corrected chi connectivity index (χ4v) is 4.13. The van der Waals surface area contributed by atoms with Gasteiger partial charge in [-0.05, 0) is 72.5 Å². The molecule has 0 fully saturated rings. The lowest BCUT2D eigenvalue weighted by Crippen LogP contribution is -2.29. The first-order chi connectivity index (χ1) is 15.1. The lowest BCUT2D eigenvalue weighted by molar-refractivity contribution is 0.0955. The fourth-order valence-electron chi connectivity index (χ4n) is 2.99. The quantitative estimate of drug-likeness (QED) is 0.364. The first kappa shape index (κ1) is 23.7. The summed E-state index contributed by atoms with van der Waals surface area (Å²) in [5.74, 6) is -0.348. The van der Waals surface area contributed by atoms with E-state index in [2.05, 4.69) is 26.5 Å². The van der Waals surface area contributed by atoms with Gasteiger partial charge in [-0.3, -0.25) is 9.10 Å². The van der Waals surface area contributed by atoms with Crippen molar-refractivity contribution in [3.8, 4) is 0 Å². The van der Waals surface area contributed by atoms with E-state index in [4.69, 9.17) is 0 Å². The maximum Gasteiger partial charge on any atom is 0.271 e. The molecule has 0 aromatic heterocycles. The number of halogens is 1. The van der Waals surface area contributed by atoms with E-state index in [0.717, 1.165) is 26.7 Å². The molecular weight excluding hydrogens is 490 g/mol. The summed E-state index contributed by atoms with van der Waals surface area (Å²) >= 11 is 3.37. The summed E-state index contributed by atoms with van der Waals surface area (Å²) in [5, 5.41) is 3.98. The Labute approximate surface area is 197 Å². The van der Waals surface area contributed by atoms with Crippen molar-refractivity contribution in [1.29, 1.82) is 0 Å². The Morgan fingerprint density at radius 3 is 2.25 bits per heavy atom. The molecule has 0 bridgehead atoms. The highest BCUT2D eigenvalue weighted by atomic mass is 79.9. The Morgan fingerprint density at radius 2 is 1.66 bits per heavy atom. The number of nitrogens with one attached hydrogen (secondary N) is 1. The van der Waals surface area contributed by atoms with Gasteiger partial charge in [0.25, 0.3) is 5.91 Å². The van der Waals surface area contributed by atoms with Crippen LogP contribution in [0.25, 0.3) is 0 Å². The second-order valence-electron chi connectivity index (χ2n) is 7.49. The van der Waals surface area contributed by atoms with Crippen molar-refractivity contribution >= 4 is 43.8 Å². The molecule has 0 heterocycles. The third-order valence-electron chi connectivity index (χ3n) is 4.97. The van der Waals surface area contributed by atoms with E-state index in [1.165, 1.54) is 10.6 Å². The van der Waals surface area contributed by atoms with Gasteiger partial charge in [0, 0.05) is 10.0 Å². The topological polar surface area (TPSA) is 78.8 Å². The summed E-state index contributed by atoms with van der Waals surface area (Å²) in [5.41, 5.74) is 7.28. The van der Waals surface area contributed by atoms with Crippen molar-refractivity contribution in [3.63, 3.8) is 0 Å². The van der Waals surface area contributed by atoms with Gasteiger partial charge in [0.05, 0.1) is 24.7 Å². The van der Waals surface area contributed by atoms with E-state index < -0.39 is 10.0 Å². The fraction of sp³-hybridized carbons (Fsp3) is 0.167. The van der Waals surface area contributed by atoms with E-state index in [1.807, 2.05) is 50.2 Å². The molecule has 0 radical (unpaired) electrons. The predicted molar refractivity (Wildman–Crippen MR) is 133 cm³/mol. The molecule has 32 heavy (non-hydrogen) atoms. The van der Waals surface area contributed by atoms with Crippen LogP contribution in [-0.4, -0.2) is 26.8 Å². The van der Waals surface area contributed by atoms with Crippen LogP contribution in [0.4, 0.5) is 5.69 Å². The zero-order valence-corrected chi connectivity index (χ0v) is 20.4. The van der Waals surface area contributed by atoms with Gasteiger partial charge in [-0.2, -0.15) is 5.10 Å². The minimum Gasteiger partial charge on any atom is -0.267 e. The Bertz CT molecular complexity index is 1240. The molecule has 1 N–H and O–H groups in total. The smallest absolute Gasteiger partial charge is 0.267 e. The van der Waals surface area contributed by atoms with Crippen LogP contribution in [0.1, 0.15) is 32.6 Å². The molecule has 0 atom stereocenters. The number of aryl methyl sites for hydroxylation is 2. The third kappa shape index (κ3) is 6.27. The minimum atomic E-state index is -3.48. The molecule has 0 aliphatic carbocycles. The van der Waals surface area contributed by atoms with Crippen molar-refractivity contribution in [2.75, 3.05) is 10.6 Å². The predicted octanol–water partition coefficient (Wildman–Crippen LogP) is 4.80.